The Kier molecular flexibility index (Phi) is 9.20. The lowest BCUT2D eigenvalue weighted by molar-refractivity contribution is -0.158. The van der Waals surface area contributed by atoms with Crippen LogP contribution in [0.3, 0.4) is 0 Å². The van der Waals surface area contributed by atoms with Gasteiger partial charge in [-0.25, -0.2) is 0 Å². The zero-order chi connectivity index (χ0) is 31.9. The number of carbonyl (C=O) groups excluding carboxylic acids is 3. The SMILES string of the molecule is C=CCN(C(=O)[C@H]1[C@H]2C(=O)N([C@@H](CO)C(C)C)C(C(=O)N(CC=C)C(C)(C)C)C23CC[C@]1(C)O3)c1ccc(OCC)cc1. The molecule has 1 N–H and O–H groups in total. The van der Waals surface area contributed by atoms with Crippen molar-refractivity contribution in [1.29, 1.82) is 0 Å². The van der Waals surface area contributed by atoms with Crippen LogP contribution >= 0.6 is 0 Å². The molecule has 3 saturated heterocycles. The average Bonchev–Trinajstić information content (AvgIpc) is 3.51. The first-order chi connectivity index (χ1) is 20.2. The Morgan fingerprint density at radius 1 is 1.14 bits per heavy atom. The largest absolute Gasteiger partial charge is 0.494 e. The molecule has 2 unspecified atom stereocenters. The fraction of sp³-hybridized carbons (Fsp3) is 0.618. The minimum Gasteiger partial charge on any atom is -0.494 e. The van der Waals surface area contributed by atoms with E-state index in [2.05, 4.69) is 13.2 Å². The Morgan fingerprint density at radius 2 is 1.77 bits per heavy atom. The fourth-order valence-electron chi connectivity index (χ4n) is 7.48. The molecule has 3 aliphatic rings. The number of rotatable bonds is 12. The number of likely N-dealkylation sites (tertiary alicyclic amines) is 1. The van der Waals surface area contributed by atoms with E-state index < -0.39 is 40.7 Å². The van der Waals surface area contributed by atoms with Crippen LogP contribution in [0.2, 0.25) is 0 Å². The molecule has 0 radical (unpaired) electrons. The first-order valence-corrected chi connectivity index (χ1v) is 15.4. The summed E-state index contributed by atoms with van der Waals surface area (Å²) in [5, 5.41) is 10.5. The summed E-state index contributed by atoms with van der Waals surface area (Å²) >= 11 is 0. The van der Waals surface area contributed by atoms with Gasteiger partial charge in [-0.15, -0.1) is 13.2 Å². The topological polar surface area (TPSA) is 99.6 Å². The van der Waals surface area contributed by atoms with Gasteiger partial charge in [0, 0.05) is 24.3 Å². The van der Waals surface area contributed by atoms with Gasteiger partial charge in [-0.05, 0) is 77.6 Å². The molecule has 9 heteroatoms. The number of fused-ring (bicyclic) bond motifs is 1. The number of aliphatic hydroxyl groups excluding tert-OH is 1. The fourth-order valence-corrected chi connectivity index (χ4v) is 7.48. The smallest absolute Gasteiger partial charge is 0.249 e. The molecule has 9 nitrogen and oxygen atoms in total. The molecule has 0 aromatic heterocycles. The third-order valence-electron chi connectivity index (χ3n) is 9.45. The number of hydrogen-bond acceptors (Lipinski definition) is 6. The van der Waals surface area contributed by atoms with Gasteiger partial charge in [0.15, 0.2) is 0 Å². The van der Waals surface area contributed by atoms with Crippen molar-refractivity contribution < 1.29 is 29.0 Å². The minimum atomic E-state index is -1.20. The highest BCUT2D eigenvalue weighted by Crippen LogP contribution is 2.64. The number of hydrogen-bond donors (Lipinski definition) is 1. The van der Waals surface area contributed by atoms with E-state index in [0.717, 1.165) is 0 Å². The quantitative estimate of drug-likeness (QED) is 0.364. The van der Waals surface area contributed by atoms with Gasteiger partial charge >= 0.3 is 0 Å². The van der Waals surface area contributed by atoms with E-state index in [1.54, 1.807) is 26.9 Å². The van der Waals surface area contributed by atoms with E-state index in [4.69, 9.17) is 9.47 Å². The summed E-state index contributed by atoms with van der Waals surface area (Å²) in [4.78, 5) is 48.8. The molecular weight excluding hydrogens is 546 g/mol. The maximum Gasteiger partial charge on any atom is 0.249 e. The van der Waals surface area contributed by atoms with Crippen LogP contribution in [-0.4, -0.2) is 87.8 Å². The summed E-state index contributed by atoms with van der Waals surface area (Å²) in [6.07, 6.45) is 4.32. The molecule has 6 atom stereocenters. The lowest BCUT2D eigenvalue weighted by Gasteiger charge is -2.44. The molecule has 0 saturated carbocycles. The molecular formula is C34H49N3O6. The number of ether oxygens (including phenoxy) is 2. The summed E-state index contributed by atoms with van der Waals surface area (Å²) in [5.41, 5.74) is -2.05. The number of anilines is 1. The number of benzene rings is 1. The van der Waals surface area contributed by atoms with Crippen molar-refractivity contribution >= 4 is 23.4 Å². The van der Waals surface area contributed by atoms with Crippen molar-refractivity contribution in [2.24, 2.45) is 17.8 Å². The van der Waals surface area contributed by atoms with Crippen LogP contribution in [0, 0.1) is 17.8 Å². The zero-order valence-corrected chi connectivity index (χ0v) is 26.8. The molecule has 3 aliphatic heterocycles. The molecule has 3 heterocycles. The summed E-state index contributed by atoms with van der Waals surface area (Å²) in [6, 6.07) is 5.68. The Labute approximate surface area is 256 Å². The lowest BCUT2D eigenvalue weighted by atomic mass is 9.66. The first kappa shape index (κ1) is 32.7. The van der Waals surface area contributed by atoms with E-state index in [1.165, 1.54) is 0 Å². The van der Waals surface area contributed by atoms with E-state index in [-0.39, 0.29) is 43.3 Å². The number of nitrogens with zero attached hydrogens (tertiary/aromatic N) is 3. The summed E-state index contributed by atoms with van der Waals surface area (Å²) < 4.78 is 12.4. The van der Waals surface area contributed by atoms with Crippen LogP contribution in [0.1, 0.15) is 61.3 Å². The predicted molar refractivity (Wildman–Crippen MR) is 167 cm³/mol. The predicted octanol–water partition coefficient (Wildman–Crippen LogP) is 4.20. The summed E-state index contributed by atoms with van der Waals surface area (Å²) in [6.45, 7) is 22.0. The van der Waals surface area contributed by atoms with Crippen LogP contribution in [0.15, 0.2) is 49.6 Å². The number of amides is 3. The van der Waals surface area contributed by atoms with Gasteiger partial charge in [0.25, 0.3) is 0 Å². The highest BCUT2D eigenvalue weighted by Gasteiger charge is 2.79. The summed E-state index contributed by atoms with van der Waals surface area (Å²) in [5.74, 6) is -1.95. The van der Waals surface area contributed by atoms with Crippen molar-refractivity contribution in [2.45, 2.75) is 90.1 Å². The molecule has 1 aromatic rings. The van der Waals surface area contributed by atoms with E-state index in [0.29, 0.717) is 30.9 Å². The molecule has 3 fully saturated rings. The molecule has 1 aromatic carbocycles. The normalized spacial score (nSPS) is 28.5. The van der Waals surface area contributed by atoms with Crippen molar-refractivity contribution in [3.63, 3.8) is 0 Å². The van der Waals surface area contributed by atoms with E-state index in [9.17, 15) is 19.5 Å². The second-order valence-electron chi connectivity index (χ2n) is 13.5. The Balaban J connectivity index is 1.84. The minimum absolute atomic E-state index is 0.134. The van der Waals surface area contributed by atoms with Crippen LogP contribution in [0.25, 0.3) is 0 Å². The van der Waals surface area contributed by atoms with Crippen molar-refractivity contribution in [3.05, 3.63) is 49.6 Å². The van der Waals surface area contributed by atoms with Crippen LogP contribution < -0.4 is 9.64 Å². The van der Waals surface area contributed by atoms with Crippen LogP contribution in [0.4, 0.5) is 5.69 Å². The molecule has 0 aliphatic carbocycles. The molecule has 43 heavy (non-hydrogen) atoms. The van der Waals surface area contributed by atoms with Gasteiger partial charge in [-0.1, -0.05) is 26.0 Å². The molecule has 3 amide bonds. The first-order valence-electron chi connectivity index (χ1n) is 15.4. The van der Waals surface area contributed by atoms with Gasteiger partial charge in [0.1, 0.15) is 17.4 Å². The highest BCUT2D eigenvalue weighted by atomic mass is 16.5. The molecule has 4 rings (SSSR count). The van der Waals surface area contributed by atoms with Crippen LogP contribution in [0.5, 0.6) is 5.75 Å². The van der Waals surface area contributed by atoms with E-state index >= 15 is 0 Å². The van der Waals surface area contributed by atoms with Gasteiger partial charge in [-0.3, -0.25) is 14.4 Å². The van der Waals surface area contributed by atoms with Crippen molar-refractivity contribution in [1.82, 2.24) is 9.80 Å². The van der Waals surface area contributed by atoms with Crippen molar-refractivity contribution in [3.8, 4) is 5.75 Å². The van der Waals surface area contributed by atoms with Crippen LogP contribution in [-0.2, 0) is 19.1 Å². The number of carbonyl (C=O) groups is 3. The Morgan fingerprint density at radius 3 is 2.28 bits per heavy atom. The van der Waals surface area contributed by atoms with Gasteiger partial charge < -0.3 is 29.3 Å². The monoisotopic (exact) mass is 595 g/mol. The molecule has 2 bridgehead atoms. The molecule has 236 valence electrons. The summed E-state index contributed by atoms with van der Waals surface area (Å²) in [7, 11) is 0. The standard InChI is InChI=1S/C34H49N3O6/c1-10-19-35(23-13-15-24(16-14-23)42-12-3)29(39)26-27-30(40)37(25(21-38)22(4)5)28(34(27)18-17-33(26,9)43-34)31(41)36(20-11-2)32(6,7)8/h10-11,13-16,22,25-28,38H,1-2,12,17-21H2,3-9H3/t25-,26+,27-,28?,33-,34?/m0/s1. The molecule has 1 spiro atoms. The third kappa shape index (κ3) is 5.39. The van der Waals surface area contributed by atoms with Crippen molar-refractivity contribution in [2.75, 3.05) is 31.2 Å². The van der Waals surface area contributed by atoms with Gasteiger partial charge in [0.2, 0.25) is 17.7 Å². The maximum absolute atomic E-state index is 14.6. The third-order valence-corrected chi connectivity index (χ3v) is 9.45. The van der Waals surface area contributed by atoms with E-state index in [1.807, 2.05) is 72.7 Å². The second-order valence-corrected chi connectivity index (χ2v) is 13.5. The zero-order valence-electron chi connectivity index (χ0n) is 26.8. The Bertz CT molecular complexity index is 1240. The Hall–Kier alpha value is -3.17. The maximum atomic E-state index is 14.6. The lowest BCUT2D eigenvalue weighted by Crippen LogP contribution is -2.62. The average molecular weight is 596 g/mol. The highest BCUT2D eigenvalue weighted by molar-refractivity contribution is 6.03. The van der Waals surface area contributed by atoms with Gasteiger partial charge in [0.05, 0.1) is 36.7 Å². The second kappa shape index (κ2) is 12.1. The van der Waals surface area contributed by atoms with Gasteiger partial charge in [-0.2, -0.15) is 0 Å². The number of aliphatic hydroxyl groups is 1.